The molecule has 27 heavy (non-hydrogen) atoms. The van der Waals surface area contributed by atoms with Crippen LogP contribution in [0.1, 0.15) is 51.5 Å². The summed E-state index contributed by atoms with van der Waals surface area (Å²) in [5.41, 5.74) is 3.55. The Morgan fingerprint density at radius 2 is 1.48 bits per heavy atom. The minimum Gasteiger partial charge on any atom is -0.472 e. The van der Waals surface area contributed by atoms with Crippen LogP contribution in [0, 0.1) is 0 Å². The van der Waals surface area contributed by atoms with Crippen LogP contribution in [0.5, 0.6) is 0 Å². The van der Waals surface area contributed by atoms with Gasteiger partial charge in [0.1, 0.15) is 0 Å². The molecule has 0 atom stereocenters. The maximum atomic E-state index is 12.0. The van der Waals surface area contributed by atoms with Gasteiger partial charge in [-0.1, -0.05) is 23.8 Å². The Morgan fingerprint density at radius 3 is 1.96 bits per heavy atom. The number of carbonyl (C=O) groups is 2. The van der Waals surface area contributed by atoms with Crippen LogP contribution in [-0.4, -0.2) is 26.2 Å². The minimum atomic E-state index is -0.334. The number of furan rings is 1. The zero-order valence-corrected chi connectivity index (χ0v) is 16.7. The SMILES string of the molecule is COC(=O)/C(=C\CC/C(=C\CCc1ccoc1)C(=O)OC)CCC=C(C)C. The first-order valence-corrected chi connectivity index (χ1v) is 9.17. The zero-order valence-electron chi connectivity index (χ0n) is 16.7. The van der Waals surface area contributed by atoms with Gasteiger partial charge < -0.3 is 13.9 Å². The quantitative estimate of drug-likeness (QED) is 0.312. The second-order valence-corrected chi connectivity index (χ2v) is 6.47. The van der Waals surface area contributed by atoms with Gasteiger partial charge in [0.05, 0.1) is 26.7 Å². The maximum absolute atomic E-state index is 12.0. The fraction of sp³-hybridized carbons (Fsp3) is 0.455. The van der Waals surface area contributed by atoms with E-state index in [9.17, 15) is 9.59 Å². The van der Waals surface area contributed by atoms with E-state index in [1.807, 2.05) is 32.1 Å². The summed E-state index contributed by atoms with van der Waals surface area (Å²) in [5.74, 6) is -0.652. The van der Waals surface area contributed by atoms with E-state index in [2.05, 4.69) is 6.08 Å². The Labute approximate surface area is 161 Å². The Hall–Kier alpha value is -2.56. The van der Waals surface area contributed by atoms with Crippen molar-refractivity contribution < 1.29 is 23.5 Å². The summed E-state index contributed by atoms with van der Waals surface area (Å²) in [5, 5.41) is 0. The minimum absolute atomic E-state index is 0.319. The van der Waals surface area contributed by atoms with Gasteiger partial charge >= 0.3 is 11.9 Å². The molecule has 1 aromatic heterocycles. The van der Waals surface area contributed by atoms with Gasteiger partial charge in [-0.05, 0) is 64.0 Å². The predicted molar refractivity (Wildman–Crippen MR) is 105 cm³/mol. The van der Waals surface area contributed by atoms with Gasteiger partial charge in [0.25, 0.3) is 0 Å². The number of carbonyl (C=O) groups excluding carboxylic acids is 2. The summed E-state index contributed by atoms with van der Waals surface area (Å²) in [4.78, 5) is 23.9. The highest BCUT2D eigenvalue weighted by Crippen LogP contribution is 2.16. The smallest absolute Gasteiger partial charge is 0.333 e. The van der Waals surface area contributed by atoms with Crippen LogP contribution in [0.15, 0.2) is 58.0 Å². The summed E-state index contributed by atoms with van der Waals surface area (Å²) in [7, 11) is 2.76. The van der Waals surface area contributed by atoms with Crippen molar-refractivity contribution in [1.29, 1.82) is 0 Å². The monoisotopic (exact) mass is 374 g/mol. The lowest BCUT2D eigenvalue weighted by atomic mass is 10.0. The van der Waals surface area contributed by atoms with Gasteiger partial charge in [0.15, 0.2) is 0 Å². The number of methoxy groups -OCH3 is 2. The molecule has 0 radical (unpaired) electrons. The van der Waals surface area contributed by atoms with Crippen molar-refractivity contribution in [2.75, 3.05) is 14.2 Å². The normalized spacial score (nSPS) is 11.9. The summed E-state index contributed by atoms with van der Waals surface area (Å²) in [6.07, 6.45) is 13.2. The summed E-state index contributed by atoms with van der Waals surface area (Å²) < 4.78 is 14.8. The summed E-state index contributed by atoms with van der Waals surface area (Å²) in [6.45, 7) is 4.05. The van der Waals surface area contributed by atoms with Crippen molar-refractivity contribution in [3.63, 3.8) is 0 Å². The number of hydrogen-bond donors (Lipinski definition) is 0. The fourth-order valence-corrected chi connectivity index (χ4v) is 2.60. The van der Waals surface area contributed by atoms with E-state index in [1.165, 1.54) is 19.8 Å². The van der Waals surface area contributed by atoms with E-state index < -0.39 is 0 Å². The van der Waals surface area contributed by atoms with E-state index in [4.69, 9.17) is 13.9 Å². The molecule has 5 nitrogen and oxygen atoms in total. The molecule has 1 rings (SSSR count). The third kappa shape index (κ3) is 9.08. The topological polar surface area (TPSA) is 65.7 Å². The molecule has 0 amide bonds. The highest BCUT2D eigenvalue weighted by atomic mass is 16.5. The number of ether oxygens (including phenoxy) is 2. The lowest BCUT2D eigenvalue weighted by Gasteiger charge is -2.07. The van der Waals surface area contributed by atoms with E-state index in [1.54, 1.807) is 12.5 Å². The van der Waals surface area contributed by atoms with Gasteiger partial charge in [0, 0.05) is 11.1 Å². The van der Waals surface area contributed by atoms with Crippen LogP contribution in [0.4, 0.5) is 0 Å². The highest BCUT2D eigenvalue weighted by molar-refractivity contribution is 5.89. The standard InChI is InChI=1S/C22H30O5/c1-17(2)8-5-10-19(21(23)25-3)12-7-13-20(22(24)26-4)11-6-9-18-14-15-27-16-18/h8,11-12,14-16H,5-7,9-10,13H2,1-4H3/b19-12-,20-11+. The van der Waals surface area contributed by atoms with Gasteiger partial charge in [0.2, 0.25) is 0 Å². The molecule has 0 aliphatic heterocycles. The molecule has 0 N–H and O–H groups in total. The molecule has 5 heteroatoms. The molecule has 0 spiro atoms. The third-order valence-electron chi connectivity index (χ3n) is 4.07. The first-order chi connectivity index (χ1) is 13.0. The average Bonchev–Trinajstić information content (AvgIpc) is 3.17. The molecule has 1 aromatic rings. The van der Waals surface area contributed by atoms with Crippen LogP contribution in [0.3, 0.4) is 0 Å². The van der Waals surface area contributed by atoms with Gasteiger partial charge in [-0.25, -0.2) is 9.59 Å². The molecule has 0 unspecified atom stereocenters. The number of rotatable bonds is 11. The van der Waals surface area contributed by atoms with Crippen LogP contribution >= 0.6 is 0 Å². The van der Waals surface area contributed by atoms with Crippen LogP contribution in [-0.2, 0) is 25.5 Å². The number of aryl methyl sites for hydroxylation is 1. The molecule has 0 fully saturated rings. The van der Waals surface area contributed by atoms with E-state index >= 15 is 0 Å². The Kier molecular flexibility index (Phi) is 10.6. The van der Waals surface area contributed by atoms with Crippen molar-refractivity contribution in [3.05, 3.63) is 59.1 Å². The van der Waals surface area contributed by atoms with Crippen LogP contribution in [0.25, 0.3) is 0 Å². The van der Waals surface area contributed by atoms with Gasteiger partial charge in [-0.2, -0.15) is 0 Å². The Bertz CT molecular complexity index is 674. The van der Waals surface area contributed by atoms with Crippen molar-refractivity contribution in [1.82, 2.24) is 0 Å². The molecular weight excluding hydrogens is 344 g/mol. The van der Waals surface area contributed by atoms with Gasteiger partial charge in [-0.15, -0.1) is 0 Å². The van der Waals surface area contributed by atoms with E-state index in [0.717, 1.165) is 24.8 Å². The van der Waals surface area contributed by atoms with Gasteiger partial charge in [-0.3, -0.25) is 0 Å². The Morgan fingerprint density at radius 1 is 0.926 bits per heavy atom. The molecule has 0 bridgehead atoms. The molecule has 0 saturated carbocycles. The molecular formula is C22H30O5. The number of hydrogen-bond acceptors (Lipinski definition) is 5. The highest BCUT2D eigenvalue weighted by Gasteiger charge is 2.11. The summed E-state index contributed by atoms with van der Waals surface area (Å²) in [6, 6.07) is 1.91. The number of esters is 2. The van der Waals surface area contributed by atoms with Crippen molar-refractivity contribution >= 4 is 11.9 Å². The van der Waals surface area contributed by atoms with E-state index in [-0.39, 0.29) is 11.9 Å². The maximum Gasteiger partial charge on any atom is 0.333 e. The predicted octanol–water partition coefficient (Wildman–Crippen LogP) is 4.94. The molecule has 0 aliphatic carbocycles. The zero-order chi connectivity index (χ0) is 20.1. The average molecular weight is 374 g/mol. The second kappa shape index (κ2) is 12.7. The van der Waals surface area contributed by atoms with Crippen LogP contribution < -0.4 is 0 Å². The van der Waals surface area contributed by atoms with Crippen molar-refractivity contribution in [3.8, 4) is 0 Å². The molecule has 0 aromatic carbocycles. The lowest BCUT2D eigenvalue weighted by molar-refractivity contribution is -0.137. The van der Waals surface area contributed by atoms with Crippen LogP contribution in [0.2, 0.25) is 0 Å². The molecule has 1 heterocycles. The first-order valence-electron chi connectivity index (χ1n) is 9.17. The largest absolute Gasteiger partial charge is 0.472 e. The molecule has 0 aliphatic rings. The van der Waals surface area contributed by atoms with Crippen molar-refractivity contribution in [2.45, 2.75) is 52.4 Å². The molecule has 148 valence electrons. The third-order valence-corrected chi connectivity index (χ3v) is 4.07. The van der Waals surface area contributed by atoms with Crippen molar-refractivity contribution in [2.24, 2.45) is 0 Å². The first kappa shape index (κ1) is 22.5. The summed E-state index contributed by atoms with van der Waals surface area (Å²) >= 11 is 0. The fourth-order valence-electron chi connectivity index (χ4n) is 2.60. The molecule has 0 saturated heterocycles. The second-order valence-electron chi connectivity index (χ2n) is 6.47. The number of allylic oxidation sites excluding steroid dienone is 4. The van der Waals surface area contributed by atoms with E-state index in [0.29, 0.717) is 30.4 Å². The Balaban J connectivity index is 2.69. The lowest BCUT2D eigenvalue weighted by Crippen LogP contribution is -2.07.